The first-order valence-corrected chi connectivity index (χ1v) is 28.5. The zero-order valence-corrected chi connectivity index (χ0v) is 46.2. The molecule has 1 aliphatic rings. The number of primary amides is 2. The number of nitrogens with one attached hydrogen (secondary N) is 8. The normalized spacial score (nSPS) is 20.5. The van der Waals surface area contributed by atoms with Gasteiger partial charge in [0.05, 0.1) is 6.10 Å². The summed E-state index contributed by atoms with van der Waals surface area (Å²) in [6, 6.07) is 14.1. The van der Waals surface area contributed by atoms with Gasteiger partial charge in [-0.3, -0.25) is 38.4 Å². The Morgan fingerprint density at radius 3 is 1.73 bits per heavy atom. The largest absolute Gasteiger partial charge is 0.508 e. The summed E-state index contributed by atoms with van der Waals surface area (Å²) in [6.07, 6.45) is -1.24. The highest BCUT2D eigenvalue weighted by Gasteiger charge is 2.36. The molecule has 1 aliphatic heterocycles. The molecule has 4 aromatic carbocycles. The Hall–Kier alpha value is -7.58. The summed E-state index contributed by atoms with van der Waals surface area (Å²) in [5.41, 5.74) is 19.7. The Morgan fingerprint density at radius 1 is 0.650 bits per heavy atom. The number of phenols is 2. The van der Waals surface area contributed by atoms with Crippen molar-refractivity contribution in [1.82, 2.24) is 42.5 Å². The molecule has 1 heterocycles. The lowest BCUT2D eigenvalue weighted by Crippen LogP contribution is -2.62. The number of hydrogen-bond donors (Lipinski definition) is 14. The summed E-state index contributed by atoms with van der Waals surface area (Å²) in [4.78, 5) is 125. The lowest BCUT2D eigenvalue weighted by atomic mass is 10.00. The van der Waals surface area contributed by atoms with Crippen LogP contribution in [-0.4, -0.2) is 135 Å². The van der Waals surface area contributed by atoms with Crippen LogP contribution in [0.2, 0.25) is 5.02 Å². The molecular weight excluding hydrogens is 1090 g/mol. The maximum atomic E-state index is 14.8. The number of halogens is 1. The lowest BCUT2D eigenvalue weighted by molar-refractivity contribution is -0.136. The number of carbonyl (C=O) groups excluding carboxylic acids is 9. The van der Waals surface area contributed by atoms with E-state index < -0.39 is 102 Å². The van der Waals surface area contributed by atoms with E-state index in [1.54, 1.807) is 48.5 Å². The molecule has 5 rings (SSSR count). The van der Waals surface area contributed by atoms with Crippen molar-refractivity contribution in [2.75, 3.05) is 18.1 Å². The summed E-state index contributed by atoms with van der Waals surface area (Å²) in [5.74, 6) is -7.51. The van der Waals surface area contributed by atoms with E-state index in [2.05, 4.69) is 42.5 Å². The van der Waals surface area contributed by atoms with Gasteiger partial charge in [-0.2, -0.15) is 0 Å². The van der Waals surface area contributed by atoms with Gasteiger partial charge in [0.15, 0.2) is 0 Å². The van der Waals surface area contributed by atoms with Crippen molar-refractivity contribution < 1.29 is 58.5 Å². The molecule has 0 saturated carbocycles. The van der Waals surface area contributed by atoms with Crippen LogP contribution in [0.4, 0.5) is 4.79 Å². The van der Waals surface area contributed by atoms with Crippen molar-refractivity contribution in [1.29, 1.82) is 0 Å². The van der Waals surface area contributed by atoms with Gasteiger partial charge in [0.25, 0.3) is 0 Å². The van der Waals surface area contributed by atoms with Gasteiger partial charge in [0, 0.05) is 48.8 Å². The summed E-state index contributed by atoms with van der Waals surface area (Å²) in [5, 5.41) is 52.5. The van der Waals surface area contributed by atoms with Crippen molar-refractivity contribution in [2.45, 2.75) is 113 Å². The molecule has 0 bridgehead atoms. The molecule has 4 aromatic rings. The predicted octanol–water partition coefficient (Wildman–Crippen LogP) is 0.364. The highest BCUT2D eigenvalue weighted by molar-refractivity contribution is 8.76. The molecule has 23 nitrogen and oxygen atoms in total. The van der Waals surface area contributed by atoms with Crippen molar-refractivity contribution in [3.63, 3.8) is 0 Å². The summed E-state index contributed by atoms with van der Waals surface area (Å²) < 4.78 is 0. The van der Waals surface area contributed by atoms with Crippen molar-refractivity contribution >= 4 is 86.5 Å². The Kier molecular flexibility index (Phi) is 25.2. The first-order valence-electron chi connectivity index (χ1n) is 25.6. The van der Waals surface area contributed by atoms with E-state index >= 15 is 0 Å². The number of urea groups is 1. The van der Waals surface area contributed by atoms with Gasteiger partial charge in [-0.05, 0) is 103 Å². The van der Waals surface area contributed by atoms with Gasteiger partial charge in [0.1, 0.15) is 53.8 Å². The molecule has 8 atom stereocenters. The van der Waals surface area contributed by atoms with Crippen molar-refractivity contribution in [3.05, 3.63) is 130 Å². The van der Waals surface area contributed by atoms with Crippen LogP contribution in [0, 0.1) is 0 Å². The third-order valence-electron chi connectivity index (χ3n) is 12.6. The van der Waals surface area contributed by atoms with Crippen LogP contribution in [0.15, 0.2) is 97.1 Å². The average Bonchev–Trinajstić information content (AvgIpc) is 3.42. The predicted molar refractivity (Wildman–Crippen MR) is 302 cm³/mol. The van der Waals surface area contributed by atoms with Gasteiger partial charge in [0.2, 0.25) is 47.3 Å². The van der Waals surface area contributed by atoms with Crippen LogP contribution in [0.25, 0.3) is 0 Å². The second-order valence-corrected chi connectivity index (χ2v) is 22.0. The van der Waals surface area contributed by atoms with Gasteiger partial charge in [-0.15, -0.1) is 0 Å². The third-order valence-corrected chi connectivity index (χ3v) is 15.3. The highest BCUT2D eigenvalue weighted by atomic mass is 35.5. The van der Waals surface area contributed by atoms with Crippen LogP contribution in [0.5, 0.6) is 11.5 Å². The summed E-state index contributed by atoms with van der Waals surface area (Å²) in [6.45, 7) is 1.53. The Morgan fingerprint density at radius 2 is 1.16 bits per heavy atom. The standard InChI is InChI=1S/C54H68ClN11O12S2/c1-30(67)46-53(77)65-44(52(76)62-40(47(57)71)24-33-11-18-37(68)19-12-33)29-80-79-28-43(60-45(70)22-15-31-9-16-36(55)17-10-31)51(75)64-42(26-34-13-20-38(69)21-14-34)50(74)63-41(25-32-5-7-35(8-6-32)27-59-54(58)78)49(73)61-39(48(72)66-46)4-2-3-23-56/h5-14,16-21,30,39-44,46,67-69H,2-4,15,22-29,56H2,1H3,(H2,57,71)(H,60,70)(H,61,73)(H,62,76)(H,63,74)(H,64,75)(H,65,77)(H,66,72)(H3,58,59,78)/t30-,39+,40-,41-,42+,43-,44+,46+/m1/s1. The molecule has 10 amide bonds. The van der Waals surface area contributed by atoms with E-state index in [0.29, 0.717) is 40.1 Å². The molecule has 0 aliphatic carbocycles. The van der Waals surface area contributed by atoms with E-state index in [4.69, 9.17) is 28.8 Å². The minimum atomic E-state index is -1.74. The smallest absolute Gasteiger partial charge is 0.312 e. The number of aromatic hydroxyl groups is 2. The number of aliphatic hydroxyl groups excluding tert-OH is 1. The zero-order chi connectivity index (χ0) is 58.3. The second-order valence-electron chi connectivity index (χ2n) is 19.0. The number of phenolic OH excluding ortho intramolecular Hbond substituents is 2. The molecule has 17 N–H and O–H groups in total. The number of rotatable bonds is 20. The number of benzene rings is 4. The highest BCUT2D eigenvalue weighted by Crippen LogP contribution is 2.24. The molecule has 26 heteroatoms. The fourth-order valence-electron chi connectivity index (χ4n) is 8.14. The van der Waals surface area contributed by atoms with Crippen LogP contribution in [0.1, 0.15) is 60.4 Å². The number of hydrogen-bond acceptors (Lipinski definition) is 15. The topological polar surface area (TPSA) is 389 Å². The van der Waals surface area contributed by atoms with Crippen LogP contribution in [0.3, 0.4) is 0 Å². The van der Waals surface area contributed by atoms with Gasteiger partial charge >= 0.3 is 6.03 Å². The summed E-state index contributed by atoms with van der Waals surface area (Å²) in [7, 11) is 1.98. The number of aryl methyl sites for hydroxylation is 1. The van der Waals surface area contributed by atoms with Gasteiger partial charge < -0.3 is 75.1 Å². The van der Waals surface area contributed by atoms with Gasteiger partial charge in [-0.1, -0.05) is 93.9 Å². The molecule has 1 saturated heterocycles. The fourth-order valence-corrected chi connectivity index (χ4v) is 10.6. The molecule has 430 valence electrons. The van der Waals surface area contributed by atoms with Crippen molar-refractivity contribution in [2.24, 2.45) is 17.2 Å². The van der Waals surface area contributed by atoms with Crippen LogP contribution >= 0.6 is 33.2 Å². The Balaban J connectivity index is 1.56. The Bertz CT molecular complexity index is 2760. The molecule has 80 heavy (non-hydrogen) atoms. The second kappa shape index (κ2) is 31.9. The first-order chi connectivity index (χ1) is 38.2. The maximum absolute atomic E-state index is 14.8. The molecular formula is C54H68ClN11O12S2. The number of unbranched alkanes of at least 4 members (excludes halogenated alkanes) is 1. The fraction of sp³-hybridized carbons (Fsp3) is 0.389. The number of amides is 10. The lowest BCUT2D eigenvalue weighted by Gasteiger charge is -2.29. The number of carbonyl (C=O) groups is 9. The van der Waals surface area contributed by atoms with Crippen molar-refractivity contribution in [3.8, 4) is 11.5 Å². The van der Waals surface area contributed by atoms with E-state index in [-0.39, 0.29) is 74.6 Å². The third kappa shape index (κ3) is 21.2. The minimum Gasteiger partial charge on any atom is -0.508 e. The van der Waals surface area contributed by atoms with E-state index in [1.807, 2.05) is 0 Å². The summed E-state index contributed by atoms with van der Waals surface area (Å²) >= 11 is 6.07. The van der Waals surface area contributed by atoms with Crippen LogP contribution < -0.4 is 59.7 Å². The quantitative estimate of drug-likeness (QED) is 0.0420. The molecule has 0 unspecified atom stereocenters. The van der Waals surface area contributed by atoms with E-state index in [0.717, 1.165) is 27.2 Å². The molecule has 1 fully saturated rings. The number of nitrogens with two attached hydrogens (primary N) is 3. The van der Waals surface area contributed by atoms with E-state index in [1.165, 1.54) is 55.5 Å². The molecule has 0 radical (unpaired) electrons. The molecule has 0 aromatic heterocycles. The van der Waals surface area contributed by atoms with Gasteiger partial charge in [-0.25, -0.2) is 4.79 Å². The maximum Gasteiger partial charge on any atom is 0.312 e. The first kappa shape index (κ1) is 63.3. The number of aliphatic hydroxyl groups is 1. The Labute approximate surface area is 475 Å². The van der Waals surface area contributed by atoms with Crippen LogP contribution in [-0.2, 0) is 70.6 Å². The zero-order valence-electron chi connectivity index (χ0n) is 43.8. The average molecular weight is 1160 g/mol. The minimum absolute atomic E-state index is 0.0358. The van der Waals surface area contributed by atoms with E-state index in [9.17, 15) is 58.5 Å². The SMILES string of the molecule is C[C@@H](O)[C@@H]1NC(=O)[C@H](CCCCN)NC(=O)[C@@H](Cc2ccc(CNC(N)=O)cc2)NC(=O)[C@H](Cc2ccc(O)cc2)NC(=O)[C@H](NC(=O)CCc2ccc(Cl)cc2)CSSC[C@@H](C(=O)N[C@H](Cc2ccc(O)cc2)C(N)=O)NC1=O. The molecule has 0 spiro atoms. The monoisotopic (exact) mass is 1160 g/mol.